The van der Waals surface area contributed by atoms with Crippen molar-refractivity contribution in [1.82, 2.24) is 0 Å². The van der Waals surface area contributed by atoms with Gasteiger partial charge in [-0.05, 0) is 0 Å². The molecule has 72 valence electrons. The number of nitrogen functional groups attached to an aromatic ring is 2. The van der Waals surface area contributed by atoms with Crippen LogP contribution in [0.1, 0.15) is 0 Å². The lowest BCUT2D eigenvalue weighted by atomic mass is 10.2. The molecule has 2 rings (SSSR count). The van der Waals surface area contributed by atoms with Gasteiger partial charge in [-0.15, -0.1) is 0 Å². The fraction of sp³-hybridized carbons (Fsp3) is 0. The van der Waals surface area contributed by atoms with Gasteiger partial charge in [0.15, 0.2) is 11.8 Å². The van der Waals surface area contributed by atoms with Crippen LogP contribution in [0.4, 0.5) is 11.8 Å². The first kappa shape index (κ1) is 8.36. The number of hydrogen-bond donors (Lipinski definition) is 2. The summed E-state index contributed by atoms with van der Waals surface area (Å²) in [7, 11) is 0. The summed E-state index contributed by atoms with van der Waals surface area (Å²) in [5.41, 5.74) is 9.09. The molecule has 0 amide bonds. The van der Waals surface area contributed by atoms with E-state index in [0.717, 1.165) is 0 Å². The van der Waals surface area contributed by atoms with Crippen LogP contribution in [0, 0.1) is 0 Å². The van der Waals surface area contributed by atoms with Gasteiger partial charge in [-0.3, -0.25) is 0 Å². The Balaban J connectivity index is 3.10. The second-order valence-electron chi connectivity index (χ2n) is 2.70. The largest absolute Gasteiger partial charge is 0.406 e. The molecular formula is C8H6N2O4. The molecule has 6 heteroatoms. The monoisotopic (exact) mass is 194 g/mol. The van der Waals surface area contributed by atoms with Gasteiger partial charge in [0.25, 0.3) is 0 Å². The highest BCUT2D eigenvalue weighted by molar-refractivity contribution is 5.82. The minimum absolute atomic E-state index is 0.0629. The molecule has 0 aliphatic carbocycles. The molecule has 6 nitrogen and oxygen atoms in total. The van der Waals surface area contributed by atoms with Gasteiger partial charge >= 0.3 is 11.3 Å². The van der Waals surface area contributed by atoms with E-state index in [9.17, 15) is 9.59 Å². The van der Waals surface area contributed by atoms with Crippen molar-refractivity contribution in [2.75, 3.05) is 11.5 Å². The lowest BCUT2D eigenvalue weighted by molar-refractivity contribution is 0.525. The Kier molecular flexibility index (Phi) is 1.57. The van der Waals surface area contributed by atoms with Crippen molar-refractivity contribution in [1.29, 1.82) is 0 Å². The Morgan fingerprint density at radius 1 is 0.857 bits per heavy atom. The summed E-state index contributed by atoms with van der Waals surface area (Å²) in [5.74, 6) is -0.279. The summed E-state index contributed by atoms with van der Waals surface area (Å²) in [6.07, 6.45) is 0. The van der Waals surface area contributed by atoms with Crippen LogP contribution in [-0.4, -0.2) is 0 Å². The molecule has 0 saturated heterocycles. The van der Waals surface area contributed by atoms with E-state index in [1.54, 1.807) is 0 Å². The molecule has 0 aliphatic rings. The van der Waals surface area contributed by atoms with Crippen molar-refractivity contribution in [2.24, 2.45) is 0 Å². The standard InChI is InChI=1S/C8H6N2O4/c9-5-1-3-4(8(12)13-5)2-6(10)14-7(3)11/h1-2H,9-10H2. The Morgan fingerprint density at radius 3 is 1.57 bits per heavy atom. The lowest BCUT2D eigenvalue weighted by Crippen LogP contribution is -2.10. The van der Waals surface area contributed by atoms with Crippen molar-refractivity contribution < 1.29 is 8.83 Å². The van der Waals surface area contributed by atoms with Gasteiger partial charge in [-0.25, -0.2) is 9.59 Å². The summed E-state index contributed by atoms with van der Waals surface area (Å²) in [6, 6.07) is 2.45. The Labute approximate surface area is 76.7 Å². The van der Waals surface area contributed by atoms with Crippen molar-refractivity contribution in [3.8, 4) is 0 Å². The first-order valence-electron chi connectivity index (χ1n) is 3.71. The van der Waals surface area contributed by atoms with E-state index in [4.69, 9.17) is 11.5 Å². The number of nitrogens with two attached hydrogens (primary N) is 2. The third kappa shape index (κ3) is 1.13. The van der Waals surface area contributed by atoms with Crippen molar-refractivity contribution in [2.45, 2.75) is 0 Å². The smallest absolute Gasteiger partial charge is 0.345 e. The molecule has 0 spiro atoms. The minimum Gasteiger partial charge on any atom is -0.406 e. The molecule has 2 aromatic rings. The Bertz CT molecular complexity index is 555. The molecule has 0 unspecified atom stereocenters. The summed E-state index contributed by atoms with van der Waals surface area (Å²) < 4.78 is 9.17. The average Bonchev–Trinajstić information content (AvgIpc) is 2.07. The van der Waals surface area contributed by atoms with Crippen LogP contribution < -0.4 is 22.7 Å². The summed E-state index contributed by atoms with van der Waals surface area (Å²) >= 11 is 0. The normalized spacial score (nSPS) is 10.6. The SMILES string of the molecule is Nc1cc2c(=O)oc(N)cc2c(=O)o1. The van der Waals surface area contributed by atoms with E-state index < -0.39 is 11.3 Å². The van der Waals surface area contributed by atoms with Crippen LogP contribution in [-0.2, 0) is 0 Å². The maximum Gasteiger partial charge on any atom is 0.345 e. The molecule has 0 fully saturated rings. The molecule has 0 aliphatic heterocycles. The summed E-state index contributed by atoms with van der Waals surface area (Å²) in [4.78, 5) is 22.4. The highest BCUT2D eigenvalue weighted by Gasteiger charge is 2.08. The Hall–Kier alpha value is -2.24. The van der Waals surface area contributed by atoms with Crippen LogP contribution in [0.15, 0.2) is 30.6 Å². The summed E-state index contributed by atoms with van der Waals surface area (Å²) in [6.45, 7) is 0. The van der Waals surface area contributed by atoms with E-state index in [-0.39, 0.29) is 22.5 Å². The average molecular weight is 194 g/mol. The fourth-order valence-corrected chi connectivity index (χ4v) is 1.16. The predicted molar refractivity (Wildman–Crippen MR) is 49.8 cm³/mol. The first-order valence-corrected chi connectivity index (χ1v) is 3.71. The van der Waals surface area contributed by atoms with Crippen LogP contribution >= 0.6 is 0 Å². The first-order chi connectivity index (χ1) is 6.58. The molecule has 14 heavy (non-hydrogen) atoms. The van der Waals surface area contributed by atoms with Crippen LogP contribution in [0.3, 0.4) is 0 Å². The predicted octanol–water partition coefficient (Wildman–Crippen LogP) is -0.0894. The van der Waals surface area contributed by atoms with E-state index in [1.165, 1.54) is 12.1 Å². The molecule has 0 aromatic carbocycles. The van der Waals surface area contributed by atoms with Crippen LogP contribution in [0.2, 0.25) is 0 Å². The molecule has 0 bridgehead atoms. The lowest BCUT2D eigenvalue weighted by Gasteiger charge is -1.96. The zero-order valence-corrected chi connectivity index (χ0v) is 6.94. The molecule has 2 aromatic heterocycles. The molecule has 0 saturated carbocycles. The highest BCUT2D eigenvalue weighted by Crippen LogP contribution is 2.11. The molecule has 4 N–H and O–H groups in total. The molecule has 2 heterocycles. The van der Waals surface area contributed by atoms with Gasteiger partial charge in [-0.1, -0.05) is 0 Å². The molecular weight excluding hydrogens is 188 g/mol. The van der Waals surface area contributed by atoms with E-state index in [0.29, 0.717) is 0 Å². The third-order valence-electron chi connectivity index (χ3n) is 1.72. The van der Waals surface area contributed by atoms with Crippen LogP contribution in [0.5, 0.6) is 0 Å². The highest BCUT2D eigenvalue weighted by atomic mass is 16.4. The maximum atomic E-state index is 11.2. The number of hydrogen-bond acceptors (Lipinski definition) is 6. The van der Waals surface area contributed by atoms with Gasteiger partial charge < -0.3 is 20.3 Å². The van der Waals surface area contributed by atoms with E-state index >= 15 is 0 Å². The van der Waals surface area contributed by atoms with Crippen molar-refractivity contribution in [3.05, 3.63) is 33.0 Å². The zero-order valence-electron chi connectivity index (χ0n) is 6.94. The fourth-order valence-electron chi connectivity index (χ4n) is 1.16. The maximum absolute atomic E-state index is 11.2. The third-order valence-corrected chi connectivity index (χ3v) is 1.72. The van der Waals surface area contributed by atoms with Crippen LogP contribution in [0.25, 0.3) is 10.8 Å². The van der Waals surface area contributed by atoms with Gasteiger partial charge in [0.05, 0.1) is 10.8 Å². The van der Waals surface area contributed by atoms with Crippen molar-refractivity contribution >= 4 is 22.5 Å². The topological polar surface area (TPSA) is 112 Å². The van der Waals surface area contributed by atoms with Gasteiger partial charge in [0, 0.05) is 12.1 Å². The quantitative estimate of drug-likeness (QED) is 0.606. The minimum atomic E-state index is -0.709. The van der Waals surface area contributed by atoms with E-state index in [1.807, 2.05) is 0 Å². The zero-order chi connectivity index (χ0) is 10.3. The Morgan fingerprint density at radius 2 is 1.21 bits per heavy atom. The molecule has 0 radical (unpaired) electrons. The van der Waals surface area contributed by atoms with Gasteiger partial charge in [0.1, 0.15) is 0 Å². The van der Waals surface area contributed by atoms with E-state index in [2.05, 4.69) is 8.83 Å². The van der Waals surface area contributed by atoms with Crippen molar-refractivity contribution in [3.63, 3.8) is 0 Å². The molecule has 0 atom stereocenters. The van der Waals surface area contributed by atoms with Gasteiger partial charge in [0.2, 0.25) is 0 Å². The second kappa shape index (κ2) is 2.63. The second-order valence-corrected chi connectivity index (χ2v) is 2.70. The number of anilines is 2. The number of rotatable bonds is 0. The van der Waals surface area contributed by atoms with Gasteiger partial charge in [-0.2, -0.15) is 0 Å². The number of fused-ring (bicyclic) bond motifs is 1. The summed E-state index contributed by atoms with van der Waals surface area (Å²) in [5, 5.41) is 0.126.